The molecule has 114 valence electrons. The van der Waals surface area contributed by atoms with Crippen LogP contribution in [0, 0.1) is 12.8 Å². The lowest BCUT2D eigenvalue weighted by Gasteiger charge is -2.30. The summed E-state index contributed by atoms with van der Waals surface area (Å²) in [4.78, 5) is 33.1. The first-order valence-electron chi connectivity index (χ1n) is 7.01. The van der Waals surface area contributed by atoms with Gasteiger partial charge < -0.3 is 14.7 Å². The number of carboxylic acids is 1. The number of aliphatic carboxylic acids is 1. The lowest BCUT2D eigenvalue weighted by atomic mass is 9.99. The molecule has 1 aromatic rings. The van der Waals surface area contributed by atoms with Crippen molar-refractivity contribution in [2.45, 2.75) is 26.7 Å². The van der Waals surface area contributed by atoms with Crippen molar-refractivity contribution >= 4 is 17.9 Å². The van der Waals surface area contributed by atoms with Gasteiger partial charge in [-0.25, -0.2) is 14.8 Å². The third-order valence-electron chi connectivity index (χ3n) is 3.52. The number of esters is 1. The molecule has 0 amide bonds. The van der Waals surface area contributed by atoms with E-state index in [0.717, 1.165) is 13.0 Å². The van der Waals surface area contributed by atoms with E-state index in [4.69, 9.17) is 9.84 Å². The number of piperidine rings is 1. The van der Waals surface area contributed by atoms with Crippen LogP contribution in [0.3, 0.4) is 0 Å². The second-order valence-electron chi connectivity index (χ2n) is 5.01. The summed E-state index contributed by atoms with van der Waals surface area (Å²) in [6, 6.07) is 0. The van der Waals surface area contributed by atoms with Crippen LogP contribution in [-0.4, -0.2) is 46.7 Å². The van der Waals surface area contributed by atoms with Crippen LogP contribution < -0.4 is 4.90 Å². The standard InChI is InChI=1S/C14H19N3O4/c1-3-21-13(20)11-7-15-14(16-9(11)2)17-6-4-5-10(8-17)12(18)19/h7,10H,3-6,8H2,1-2H3,(H,18,19). The Kier molecular flexibility index (Phi) is 4.72. The fraction of sp³-hybridized carbons (Fsp3) is 0.571. The smallest absolute Gasteiger partial charge is 0.341 e. The molecule has 7 nitrogen and oxygen atoms in total. The molecule has 0 radical (unpaired) electrons. The maximum Gasteiger partial charge on any atom is 0.341 e. The largest absolute Gasteiger partial charge is 0.481 e. The summed E-state index contributed by atoms with van der Waals surface area (Å²) in [6.45, 7) is 4.88. The van der Waals surface area contributed by atoms with Crippen LogP contribution in [0.1, 0.15) is 35.8 Å². The Morgan fingerprint density at radius 3 is 2.90 bits per heavy atom. The van der Waals surface area contributed by atoms with Crippen molar-refractivity contribution in [1.82, 2.24) is 9.97 Å². The Morgan fingerprint density at radius 1 is 1.52 bits per heavy atom. The lowest BCUT2D eigenvalue weighted by Crippen LogP contribution is -2.39. The number of carbonyl (C=O) groups excluding carboxylic acids is 1. The molecule has 21 heavy (non-hydrogen) atoms. The Morgan fingerprint density at radius 2 is 2.29 bits per heavy atom. The van der Waals surface area contributed by atoms with E-state index in [1.165, 1.54) is 6.20 Å². The molecule has 1 aliphatic heterocycles. The van der Waals surface area contributed by atoms with Gasteiger partial charge in [0, 0.05) is 19.3 Å². The Bertz CT molecular complexity index is 547. The highest BCUT2D eigenvalue weighted by atomic mass is 16.5. The molecule has 0 aliphatic carbocycles. The highest BCUT2D eigenvalue weighted by molar-refractivity contribution is 5.90. The zero-order valence-corrected chi connectivity index (χ0v) is 12.2. The van der Waals surface area contributed by atoms with Crippen LogP contribution >= 0.6 is 0 Å². The van der Waals surface area contributed by atoms with E-state index >= 15 is 0 Å². The minimum atomic E-state index is -0.792. The van der Waals surface area contributed by atoms with Gasteiger partial charge in [0.25, 0.3) is 0 Å². The quantitative estimate of drug-likeness (QED) is 0.835. The molecule has 1 aromatic heterocycles. The Hall–Kier alpha value is -2.18. The van der Waals surface area contributed by atoms with E-state index in [-0.39, 0.29) is 0 Å². The van der Waals surface area contributed by atoms with Gasteiger partial charge in [-0.05, 0) is 26.7 Å². The molecule has 0 saturated carbocycles. The summed E-state index contributed by atoms with van der Waals surface area (Å²) in [7, 11) is 0. The van der Waals surface area contributed by atoms with Crippen LogP contribution in [0.4, 0.5) is 5.95 Å². The number of aromatic nitrogens is 2. The maximum absolute atomic E-state index is 11.7. The van der Waals surface area contributed by atoms with Crippen LogP contribution in [-0.2, 0) is 9.53 Å². The number of carboxylic acid groups (broad SMARTS) is 1. The van der Waals surface area contributed by atoms with E-state index in [1.807, 2.05) is 4.90 Å². The van der Waals surface area contributed by atoms with Gasteiger partial charge in [-0.1, -0.05) is 0 Å². The molecule has 1 atom stereocenters. The highest BCUT2D eigenvalue weighted by Crippen LogP contribution is 2.21. The monoisotopic (exact) mass is 293 g/mol. The SMILES string of the molecule is CCOC(=O)c1cnc(N2CCCC(C(=O)O)C2)nc1C. The first-order valence-corrected chi connectivity index (χ1v) is 7.01. The van der Waals surface area contributed by atoms with Gasteiger partial charge in [0.2, 0.25) is 5.95 Å². The van der Waals surface area contributed by atoms with Crippen molar-refractivity contribution in [2.75, 3.05) is 24.6 Å². The molecule has 1 fully saturated rings. The molecule has 1 aliphatic rings. The number of anilines is 1. The van der Waals surface area contributed by atoms with E-state index in [0.29, 0.717) is 36.8 Å². The minimum absolute atomic E-state index is 0.298. The highest BCUT2D eigenvalue weighted by Gasteiger charge is 2.27. The van der Waals surface area contributed by atoms with Crippen molar-refractivity contribution in [3.8, 4) is 0 Å². The summed E-state index contributed by atoms with van der Waals surface area (Å²) in [5.41, 5.74) is 0.878. The third kappa shape index (κ3) is 3.48. The molecular formula is C14H19N3O4. The number of rotatable bonds is 4. The average molecular weight is 293 g/mol. The molecule has 1 unspecified atom stereocenters. The first kappa shape index (κ1) is 15.2. The summed E-state index contributed by atoms with van der Waals surface area (Å²) < 4.78 is 4.93. The normalized spacial score (nSPS) is 18.4. The predicted octanol–water partition coefficient (Wildman–Crippen LogP) is 1.26. The Balaban J connectivity index is 2.16. The fourth-order valence-corrected chi connectivity index (χ4v) is 2.38. The summed E-state index contributed by atoms with van der Waals surface area (Å²) in [5.74, 6) is -1.16. The number of carbonyl (C=O) groups is 2. The predicted molar refractivity (Wildman–Crippen MR) is 75.3 cm³/mol. The number of hydrogen-bond donors (Lipinski definition) is 1. The zero-order chi connectivity index (χ0) is 15.4. The van der Waals surface area contributed by atoms with Crippen LogP contribution in [0.2, 0.25) is 0 Å². The second kappa shape index (κ2) is 6.51. The van der Waals surface area contributed by atoms with Gasteiger partial charge >= 0.3 is 11.9 Å². The van der Waals surface area contributed by atoms with E-state index < -0.39 is 17.9 Å². The number of ether oxygens (including phenoxy) is 1. The number of nitrogens with zero attached hydrogens (tertiary/aromatic N) is 3. The van der Waals surface area contributed by atoms with E-state index in [2.05, 4.69) is 9.97 Å². The Labute approximate surface area is 123 Å². The van der Waals surface area contributed by atoms with Crippen LogP contribution in [0.15, 0.2) is 6.20 Å². The first-order chi connectivity index (χ1) is 10.0. The van der Waals surface area contributed by atoms with Crippen LogP contribution in [0.5, 0.6) is 0 Å². The zero-order valence-electron chi connectivity index (χ0n) is 12.2. The maximum atomic E-state index is 11.7. The summed E-state index contributed by atoms with van der Waals surface area (Å²) >= 11 is 0. The van der Waals surface area contributed by atoms with Gasteiger partial charge in [-0.3, -0.25) is 4.79 Å². The molecule has 1 N–H and O–H groups in total. The fourth-order valence-electron chi connectivity index (χ4n) is 2.38. The molecule has 0 aromatic carbocycles. The molecule has 7 heteroatoms. The molecule has 1 saturated heterocycles. The van der Waals surface area contributed by atoms with Gasteiger partial charge in [0.05, 0.1) is 23.8 Å². The topological polar surface area (TPSA) is 92.6 Å². The minimum Gasteiger partial charge on any atom is -0.481 e. The molecule has 2 rings (SSSR count). The number of aryl methyl sites for hydroxylation is 1. The molecule has 0 bridgehead atoms. The third-order valence-corrected chi connectivity index (χ3v) is 3.52. The number of hydrogen-bond acceptors (Lipinski definition) is 6. The van der Waals surface area contributed by atoms with Crippen LogP contribution in [0.25, 0.3) is 0 Å². The van der Waals surface area contributed by atoms with Crippen molar-refractivity contribution in [3.63, 3.8) is 0 Å². The van der Waals surface area contributed by atoms with E-state index in [9.17, 15) is 9.59 Å². The molecule has 2 heterocycles. The second-order valence-corrected chi connectivity index (χ2v) is 5.01. The van der Waals surface area contributed by atoms with Gasteiger partial charge in [-0.15, -0.1) is 0 Å². The van der Waals surface area contributed by atoms with Crippen molar-refractivity contribution in [2.24, 2.45) is 5.92 Å². The van der Waals surface area contributed by atoms with Gasteiger partial charge in [0.1, 0.15) is 0 Å². The van der Waals surface area contributed by atoms with Crippen molar-refractivity contribution in [1.29, 1.82) is 0 Å². The van der Waals surface area contributed by atoms with Crippen molar-refractivity contribution in [3.05, 3.63) is 17.5 Å². The van der Waals surface area contributed by atoms with Crippen molar-refractivity contribution < 1.29 is 19.4 Å². The lowest BCUT2D eigenvalue weighted by molar-refractivity contribution is -0.141. The van der Waals surface area contributed by atoms with Gasteiger partial charge in [-0.2, -0.15) is 0 Å². The molecule has 0 spiro atoms. The summed E-state index contributed by atoms with van der Waals surface area (Å²) in [5, 5.41) is 9.10. The van der Waals surface area contributed by atoms with E-state index in [1.54, 1.807) is 13.8 Å². The molecular weight excluding hydrogens is 274 g/mol. The average Bonchev–Trinajstić information content (AvgIpc) is 2.47. The summed E-state index contributed by atoms with van der Waals surface area (Å²) in [6.07, 6.45) is 2.91. The van der Waals surface area contributed by atoms with Gasteiger partial charge in [0.15, 0.2) is 0 Å².